The fourth-order valence-electron chi connectivity index (χ4n) is 1.54. The van der Waals surface area contributed by atoms with Gasteiger partial charge in [-0.05, 0) is 13.3 Å². The van der Waals surface area contributed by atoms with Crippen LogP contribution in [0.1, 0.15) is 26.7 Å². The minimum atomic E-state index is -0.0674. The summed E-state index contributed by atoms with van der Waals surface area (Å²) in [5.41, 5.74) is 0. The van der Waals surface area contributed by atoms with E-state index in [1.165, 1.54) is 0 Å². The van der Waals surface area contributed by atoms with Gasteiger partial charge in [-0.25, -0.2) is 0 Å². The van der Waals surface area contributed by atoms with Crippen LogP contribution in [-0.4, -0.2) is 48.1 Å². The molecule has 4 heteroatoms. The largest absolute Gasteiger partial charge is 0.465 e. The van der Waals surface area contributed by atoms with Crippen molar-refractivity contribution in [3.8, 4) is 0 Å². The highest BCUT2D eigenvalue weighted by Crippen LogP contribution is 2.15. The lowest BCUT2D eigenvalue weighted by molar-refractivity contribution is -0.145. The number of esters is 1. The van der Waals surface area contributed by atoms with E-state index in [4.69, 9.17) is 4.74 Å². The van der Waals surface area contributed by atoms with E-state index in [9.17, 15) is 4.79 Å². The minimum Gasteiger partial charge on any atom is -0.465 e. The van der Waals surface area contributed by atoms with Crippen molar-refractivity contribution >= 4 is 17.7 Å². The zero-order chi connectivity index (χ0) is 11.1. The number of hydrogen-bond donors (Lipinski definition) is 0. The number of thioether (sulfide) groups is 1. The Morgan fingerprint density at radius 1 is 1.60 bits per heavy atom. The van der Waals surface area contributed by atoms with Crippen LogP contribution in [-0.2, 0) is 9.53 Å². The highest BCUT2D eigenvalue weighted by Gasteiger charge is 2.21. The molecular weight excluding hydrogens is 210 g/mol. The van der Waals surface area contributed by atoms with Crippen molar-refractivity contribution in [2.45, 2.75) is 32.7 Å². The molecule has 1 saturated heterocycles. The molecule has 0 N–H and O–H groups in total. The monoisotopic (exact) mass is 231 g/mol. The van der Waals surface area contributed by atoms with Gasteiger partial charge < -0.3 is 4.74 Å². The Labute approximate surface area is 96.5 Å². The van der Waals surface area contributed by atoms with E-state index >= 15 is 0 Å². The Hall–Kier alpha value is -0.220. The lowest BCUT2D eigenvalue weighted by Gasteiger charge is -2.31. The van der Waals surface area contributed by atoms with Gasteiger partial charge in [0.05, 0.1) is 13.2 Å². The van der Waals surface area contributed by atoms with Gasteiger partial charge in [0.1, 0.15) is 0 Å². The molecule has 1 atom stereocenters. The molecule has 0 aromatic heterocycles. The van der Waals surface area contributed by atoms with Crippen LogP contribution in [0.25, 0.3) is 0 Å². The van der Waals surface area contributed by atoms with Gasteiger partial charge >= 0.3 is 5.97 Å². The summed E-state index contributed by atoms with van der Waals surface area (Å²) < 4.78 is 5.15. The van der Waals surface area contributed by atoms with Crippen LogP contribution in [0.15, 0.2) is 0 Å². The number of carbonyl (C=O) groups is 1. The van der Waals surface area contributed by atoms with Crippen molar-refractivity contribution in [2.24, 2.45) is 0 Å². The molecule has 0 radical (unpaired) electrons. The van der Waals surface area contributed by atoms with Gasteiger partial charge in [0.15, 0.2) is 0 Å². The number of ether oxygens (including phenoxy) is 1. The first-order valence-electron chi connectivity index (χ1n) is 5.71. The van der Waals surface area contributed by atoms with Crippen LogP contribution < -0.4 is 0 Å². The van der Waals surface area contributed by atoms with Crippen LogP contribution in [0.5, 0.6) is 0 Å². The number of unbranched alkanes of at least 4 members (excludes halogenated alkanes) is 1. The zero-order valence-corrected chi connectivity index (χ0v) is 10.5. The standard InChI is InChI=1S/C11H21NO2S/c1-3-4-6-14-11(13)8-12-5-7-15-9-10(12)2/h10H,3-9H2,1-2H3. The second-order valence-electron chi connectivity index (χ2n) is 3.97. The Kier molecular flexibility index (Phi) is 6.10. The summed E-state index contributed by atoms with van der Waals surface area (Å²) in [6.07, 6.45) is 2.04. The molecule has 1 aliphatic rings. The molecule has 0 amide bonds. The Morgan fingerprint density at radius 3 is 3.07 bits per heavy atom. The fraction of sp³-hybridized carbons (Fsp3) is 0.909. The van der Waals surface area contributed by atoms with Crippen LogP contribution in [0.3, 0.4) is 0 Å². The first kappa shape index (κ1) is 12.8. The smallest absolute Gasteiger partial charge is 0.320 e. The Balaban J connectivity index is 2.18. The second kappa shape index (κ2) is 7.12. The Bertz CT molecular complexity index is 199. The normalized spacial score (nSPS) is 22.7. The summed E-state index contributed by atoms with van der Waals surface area (Å²) in [4.78, 5) is 13.7. The molecule has 0 bridgehead atoms. The average Bonchev–Trinajstić information content (AvgIpc) is 2.22. The van der Waals surface area contributed by atoms with Crippen molar-refractivity contribution in [1.82, 2.24) is 4.90 Å². The molecule has 88 valence electrons. The lowest BCUT2D eigenvalue weighted by Crippen LogP contribution is -2.43. The van der Waals surface area contributed by atoms with E-state index in [1.54, 1.807) is 0 Å². The first-order chi connectivity index (χ1) is 7.24. The molecular formula is C11H21NO2S. The number of hydrogen-bond acceptors (Lipinski definition) is 4. The van der Waals surface area contributed by atoms with Crippen molar-refractivity contribution in [3.63, 3.8) is 0 Å². The van der Waals surface area contributed by atoms with E-state index < -0.39 is 0 Å². The predicted molar refractivity (Wildman–Crippen MR) is 64.2 cm³/mol. The minimum absolute atomic E-state index is 0.0674. The number of rotatable bonds is 5. The van der Waals surface area contributed by atoms with Crippen LogP contribution >= 0.6 is 11.8 Å². The molecule has 0 aromatic carbocycles. The average molecular weight is 231 g/mol. The lowest BCUT2D eigenvalue weighted by atomic mass is 10.3. The number of carbonyl (C=O) groups excluding carboxylic acids is 1. The van der Waals surface area contributed by atoms with Crippen molar-refractivity contribution in [1.29, 1.82) is 0 Å². The fourth-order valence-corrected chi connectivity index (χ4v) is 2.62. The zero-order valence-electron chi connectivity index (χ0n) is 9.70. The third-order valence-corrected chi connectivity index (χ3v) is 3.79. The van der Waals surface area contributed by atoms with Crippen LogP contribution in [0.2, 0.25) is 0 Å². The summed E-state index contributed by atoms with van der Waals surface area (Å²) in [5, 5.41) is 0. The summed E-state index contributed by atoms with van der Waals surface area (Å²) >= 11 is 1.96. The molecule has 1 aliphatic heterocycles. The van der Waals surface area contributed by atoms with Gasteiger partial charge in [0.2, 0.25) is 0 Å². The highest BCUT2D eigenvalue weighted by molar-refractivity contribution is 7.99. The van der Waals surface area contributed by atoms with Crippen LogP contribution in [0, 0.1) is 0 Å². The van der Waals surface area contributed by atoms with Gasteiger partial charge in [0.25, 0.3) is 0 Å². The molecule has 1 heterocycles. The molecule has 0 aromatic rings. The summed E-state index contributed by atoms with van der Waals surface area (Å²) in [6, 6.07) is 0.502. The maximum atomic E-state index is 11.5. The number of nitrogens with zero attached hydrogens (tertiary/aromatic N) is 1. The topological polar surface area (TPSA) is 29.5 Å². The SMILES string of the molecule is CCCCOC(=O)CN1CCSCC1C. The van der Waals surface area contributed by atoms with E-state index in [1.807, 2.05) is 11.8 Å². The summed E-state index contributed by atoms with van der Waals surface area (Å²) in [7, 11) is 0. The maximum absolute atomic E-state index is 11.5. The molecule has 0 aliphatic carbocycles. The summed E-state index contributed by atoms with van der Waals surface area (Å²) in [6.45, 7) is 6.32. The van der Waals surface area contributed by atoms with E-state index in [0.717, 1.165) is 30.9 Å². The molecule has 15 heavy (non-hydrogen) atoms. The highest BCUT2D eigenvalue weighted by atomic mass is 32.2. The van der Waals surface area contributed by atoms with E-state index in [0.29, 0.717) is 19.2 Å². The van der Waals surface area contributed by atoms with Crippen LogP contribution in [0.4, 0.5) is 0 Å². The predicted octanol–water partition coefficient (Wildman–Crippen LogP) is 1.77. The molecule has 1 fully saturated rings. The van der Waals surface area contributed by atoms with E-state index in [2.05, 4.69) is 18.7 Å². The van der Waals surface area contributed by atoms with Gasteiger partial charge in [-0.15, -0.1) is 0 Å². The molecule has 0 saturated carbocycles. The Morgan fingerprint density at radius 2 is 2.40 bits per heavy atom. The maximum Gasteiger partial charge on any atom is 0.320 e. The van der Waals surface area contributed by atoms with Crippen molar-refractivity contribution in [2.75, 3.05) is 31.2 Å². The summed E-state index contributed by atoms with van der Waals surface area (Å²) in [5.74, 6) is 2.19. The van der Waals surface area contributed by atoms with Gasteiger partial charge in [-0.1, -0.05) is 13.3 Å². The second-order valence-corrected chi connectivity index (χ2v) is 5.12. The van der Waals surface area contributed by atoms with Crippen molar-refractivity contribution in [3.05, 3.63) is 0 Å². The third-order valence-electron chi connectivity index (χ3n) is 2.60. The molecule has 1 rings (SSSR count). The molecule has 1 unspecified atom stereocenters. The molecule has 0 spiro atoms. The molecule has 3 nitrogen and oxygen atoms in total. The van der Waals surface area contributed by atoms with Gasteiger partial charge in [0, 0.05) is 24.1 Å². The van der Waals surface area contributed by atoms with E-state index in [-0.39, 0.29) is 5.97 Å². The third kappa shape index (κ3) is 4.89. The first-order valence-corrected chi connectivity index (χ1v) is 6.87. The van der Waals surface area contributed by atoms with Gasteiger partial charge in [-0.3, -0.25) is 9.69 Å². The van der Waals surface area contributed by atoms with Crippen molar-refractivity contribution < 1.29 is 9.53 Å². The van der Waals surface area contributed by atoms with Gasteiger partial charge in [-0.2, -0.15) is 11.8 Å². The quantitative estimate of drug-likeness (QED) is 0.533.